The fourth-order valence-corrected chi connectivity index (χ4v) is 3.57. The number of hydrogen-bond acceptors (Lipinski definition) is 6. The van der Waals surface area contributed by atoms with E-state index < -0.39 is 0 Å². The van der Waals surface area contributed by atoms with E-state index in [4.69, 9.17) is 0 Å². The molecule has 27 heavy (non-hydrogen) atoms. The van der Waals surface area contributed by atoms with E-state index in [-0.39, 0.29) is 5.91 Å². The second-order valence-electron chi connectivity index (χ2n) is 6.62. The fourth-order valence-electron chi connectivity index (χ4n) is 3.57. The van der Waals surface area contributed by atoms with Crippen LogP contribution in [0.25, 0.3) is 22.1 Å². The van der Waals surface area contributed by atoms with Gasteiger partial charge < -0.3 is 14.8 Å². The molecule has 4 heterocycles. The van der Waals surface area contributed by atoms with E-state index in [2.05, 4.69) is 29.9 Å². The fraction of sp³-hybridized carbons (Fsp3) is 0.278. The first-order valence-corrected chi connectivity index (χ1v) is 8.81. The first-order chi connectivity index (χ1) is 13.2. The summed E-state index contributed by atoms with van der Waals surface area (Å²) >= 11 is 0. The van der Waals surface area contributed by atoms with E-state index in [9.17, 15) is 4.79 Å². The van der Waals surface area contributed by atoms with Crippen LogP contribution >= 0.6 is 0 Å². The Bertz CT molecular complexity index is 1140. The minimum atomic E-state index is 0.0420. The number of aryl methyl sites for hydroxylation is 1. The van der Waals surface area contributed by atoms with Gasteiger partial charge in [0, 0.05) is 38.8 Å². The average Bonchev–Trinajstić information content (AvgIpc) is 3.33. The summed E-state index contributed by atoms with van der Waals surface area (Å²) in [6.45, 7) is 2.73. The Kier molecular flexibility index (Phi) is 3.52. The molecule has 1 aliphatic heterocycles. The third-order valence-corrected chi connectivity index (χ3v) is 5.04. The van der Waals surface area contributed by atoms with Crippen LogP contribution in [0.5, 0.6) is 0 Å². The summed E-state index contributed by atoms with van der Waals surface area (Å²) in [5.74, 6) is 0.916. The molecule has 0 unspecified atom stereocenters. The van der Waals surface area contributed by atoms with Gasteiger partial charge in [0.2, 0.25) is 0 Å². The van der Waals surface area contributed by atoms with Crippen molar-refractivity contribution in [3.8, 4) is 0 Å². The number of fused-ring (bicyclic) bond motifs is 2. The van der Waals surface area contributed by atoms with Crippen molar-refractivity contribution in [3.63, 3.8) is 0 Å². The van der Waals surface area contributed by atoms with Gasteiger partial charge in [0.1, 0.15) is 12.1 Å². The molecule has 5 rings (SSSR count). The normalized spacial score (nSPS) is 15.0. The van der Waals surface area contributed by atoms with E-state index in [1.807, 2.05) is 30.1 Å². The molecule has 4 aromatic rings. The van der Waals surface area contributed by atoms with Gasteiger partial charge in [-0.15, -0.1) is 0 Å². The van der Waals surface area contributed by atoms with Gasteiger partial charge in [-0.3, -0.25) is 9.48 Å². The molecule has 1 fully saturated rings. The van der Waals surface area contributed by atoms with Crippen molar-refractivity contribution in [2.24, 2.45) is 7.05 Å². The van der Waals surface area contributed by atoms with Gasteiger partial charge in [-0.2, -0.15) is 5.10 Å². The lowest BCUT2D eigenvalue weighted by molar-refractivity contribution is 0.0747. The monoisotopic (exact) mass is 362 g/mol. The molecule has 1 saturated heterocycles. The molecule has 0 aliphatic carbocycles. The summed E-state index contributed by atoms with van der Waals surface area (Å²) in [6.07, 6.45) is 5.00. The molecule has 9 heteroatoms. The molecule has 3 aromatic heterocycles. The highest BCUT2D eigenvalue weighted by molar-refractivity contribution is 5.97. The first kappa shape index (κ1) is 15.7. The first-order valence-electron chi connectivity index (χ1n) is 8.81. The number of rotatable bonds is 2. The van der Waals surface area contributed by atoms with Crippen LogP contribution < -0.4 is 4.90 Å². The number of imidazole rings is 1. The van der Waals surface area contributed by atoms with Crippen molar-refractivity contribution in [1.29, 1.82) is 0 Å². The third kappa shape index (κ3) is 2.59. The summed E-state index contributed by atoms with van der Waals surface area (Å²) in [4.78, 5) is 32.9. The average molecular weight is 362 g/mol. The molecule has 1 aromatic carbocycles. The van der Waals surface area contributed by atoms with Gasteiger partial charge in [-0.05, 0) is 18.2 Å². The lowest BCUT2D eigenvalue weighted by Crippen LogP contribution is -2.49. The van der Waals surface area contributed by atoms with Crippen LogP contribution in [-0.2, 0) is 7.05 Å². The highest BCUT2D eigenvalue weighted by Crippen LogP contribution is 2.23. The zero-order valence-corrected chi connectivity index (χ0v) is 14.8. The Morgan fingerprint density at radius 1 is 1.11 bits per heavy atom. The molecular formula is C18H18N8O. The number of nitrogens with one attached hydrogen (secondary N) is 1. The zero-order valence-electron chi connectivity index (χ0n) is 14.8. The predicted octanol–water partition coefficient (Wildman–Crippen LogP) is 1.20. The smallest absolute Gasteiger partial charge is 0.254 e. The molecular weight excluding hydrogens is 344 g/mol. The van der Waals surface area contributed by atoms with Gasteiger partial charge in [0.25, 0.3) is 5.91 Å². The minimum Gasteiger partial charge on any atom is -0.352 e. The van der Waals surface area contributed by atoms with Crippen LogP contribution in [0.4, 0.5) is 5.82 Å². The van der Waals surface area contributed by atoms with E-state index in [1.54, 1.807) is 23.5 Å². The van der Waals surface area contributed by atoms with Crippen molar-refractivity contribution in [3.05, 3.63) is 42.6 Å². The van der Waals surface area contributed by atoms with Gasteiger partial charge in [0.15, 0.2) is 5.65 Å². The lowest BCUT2D eigenvalue weighted by atomic mass is 10.1. The number of aromatic amines is 1. The Morgan fingerprint density at radius 3 is 2.81 bits per heavy atom. The van der Waals surface area contributed by atoms with Gasteiger partial charge in [-0.1, -0.05) is 0 Å². The maximum Gasteiger partial charge on any atom is 0.254 e. The number of H-pyrrole nitrogens is 1. The molecule has 9 nitrogen and oxygen atoms in total. The van der Waals surface area contributed by atoms with Gasteiger partial charge in [0.05, 0.1) is 28.9 Å². The zero-order chi connectivity index (χ0) is 18.4. The third-order valence-electron chi connectivity index (χ3n) is 5.04. The minimum absolute atomic E-state index is 0.0420. The van der Waals surface area contributed by atoms with E-state index in [0.29, 0.717) is 18.7 Å². The molecule has 0 bridgehead atoms. The van der Waals surface area contributed by atoms with Gasteiger partial charge in [-0.25, -0.2) is 15.0 Å². The number of carbonyl (C=O) groups is 1. The molecule has 0 atom stereocenters. The van der Waals surface area contributed by atoms with Crippen LogP contribution in [-0.4, -0.2) is 66.7 Å². The van der Waals surface area contributed by atoms with E-state index in [0.717, 1.165) is 41.0 Å². The number of aromatic nitrogens is 6. The Hall–Kier alpha value is -3.49. The molecule has 0 spiro atoms. The van der Waals surface area contributed by atoms with Crippen molar-refractivity contribution in [1.82, 2.24) is 34.6 Å². The number of benzene rings is 1. The second-order valence-corrected chi connectivity index (χ2v) is 6.62. The largest absolute Gasteiger partial charge is 0.352 e. The summed E-state index contributed by atoms with van der Waals surface area (Å²) in [5, 5.41) is 5.20. The Balaban J connectivity index is 1.34. The molecule has 0 radical (unpaired) electrons. The number of anilines is 1. The number of amides is 1. The quantitative estimate of drug-likeness (QED) is 0.576. The topological polar surface area (TPSA) is 95.8 Å². The maximum atomic E-state index is 12.9. The molecule has 136 valence electrons. The van der Waals surface area contributed by atoms with Crippen molar-refractivity contribution in [2.75, 3.05) is 31.1 Å². The van der Waals surface area contributed by atoms with Crippen molar-refractivity contribution in [2.45, 2.75) is 0 Å². The van der Waals surface area contributed by atoms with Crippen molar-refractivity contribution >= 4 is 33.8 Å². The van der Waals surface area contributed by atoms with Crippen LogP contribution in [0.2, 0.25) is 0 Å². The summed E-state index contributed by atoms with van der Waals surface area (Å²) in [7, 11) is 1.87. The number of nitrogens with zero attached hydrogens (tertiary/aromatic N) is 7. The maximum absolute atomic E-state index is 12.9. The van der Waals surface area contributed by atoms with Gasteiger partial charge >= 0.3 is 0 Å². The number of carbonyl (C=O) groups excluding carboxylic acids is 1. The summed E-state index contributed by atoms with van der Waals surface area (Å²) in [5.41, 5.74) is 3.23. The SMILES string of the molecule is Cn1ncc2c(N3CCN(C(=O)c4ccc5nc[nH]c5c4)CC3)ncnc21. The summed E-state index contributed by atoms with van der Waals surface area (Å²) in [6, 6.07) is 5.57. The second kappa shape index (κ2) is 6.04. The molecule has 1 aliphatic rings. The molecule has 1 N–H and O–H groups in total. The lowest BCUT2D eigenvalue weighted by Gasteiger charge is -2.35. The molecule has 1 amide bonds. The molecule has 0 saturated carbocycles. The Morgan fingerprint density at radius 2 is 1.96 bits per heavy atom. The van der Waals surface area contributed by atoms with E-state index >= 15 is 0 Å². The van der Waals surface area contributed by atoms with Crippen LogP contribution in [0.15, 0.2) is 37.1 Å². The van der Waals surface area contributed by atoms with Crippen LogP contribution in [0.3, 0.4) is 0 Å². The standard InChI is InChI=1S/C18H18N8O/c1-24-16-13(9-23-24)17(22-11-21-16)25-4-6-26(7-5-25)18(27)12-2-3-14-15(8-12)20-10-19-14/h2-3,8-11H,4-7H2,1H3,(H,19,20). The summed E-state index contributed by atoms with van der Waals surface area (Å²) < 4.78 is 1.74. The predicted molar refractivity (Wildman–Crippen MR) is 101 cm³/mol. The van der Waals surface area contributed by atoms with Crippen molar-refractivity contribution < 1.29 is 4.79 Å². The Labute approximate surface area is 154 Å². The number of hydrogen-bond donors (Lipinski definition) is 1. The highest BCUT2D eigenvalue weighted by atomic mass is 16.2. The van der Waals surface area contributed by atoms with Crippen LogP contribution in [0, 0.1) is 0 Å². The van der Waals surface area contributed by atoms with Crippen LogP contribution in [0.1, 0.15) is 10.4 Å². The van der Waals surface area contributed by atoms with E-state index in [1.165, 1.54) is 0 Å². The number of piperazine rings is 1. The highest BCUT2D eigenvalue weighted by Gasteiger charge is 2.24.